The number of amidine groups is 1. The van der Waals surface area contributed by atoms with Crippen LogP contribution in [0.5, 0.6) is 0 Å². The number of carbonyl (C=O) groups is 3. The van der Waals surface area contributed by atoms with Crippen LogP contribution in [0.1, 0.15) is 16.7 Å². The summed E-state index contributed by atoms with van der Waals surface area (Å²) in [4.78, 5) is 43.2. The van der Waals surface area contributed by atoms with Crippen molar-refractivity contribution in [3.63, 3.8) is 0 Å². The number of allylic oxidation sites excluding steroid dienone is 1. The number of thioether (sulfide) groups is 1. The lowest BCUT2D eigenvalue weighted by Crippen LogP contribution is -2.52. The highest BCUT2D eigenvalue weighted by Gasteiger charge is 2.47. The fourth-order valence-corrected chi connectivity index (χ4v) is 4.34. The van der Waals surface area contributed by atoms with Crippen molar-refractivity contribution in [1.82, 2.24) is 4.90 Å². The minimum atomic E-state index is -0.654. The van der Waals surface area contributed by atoms with Crippen LogP contribution in [-0.4, -0.2) is 59.2 Å². The molecular weight excluding hydrogens is 376 g/mol. The summed E-state index contributed by atoms with van der Waals surface area (Å²) in [5.74, 6) is -0.585. The van der Waals surface area contributed by atoms with Gasteiger partial charge in [0.2, 0.25) is 5.91 Å². The predicted octanol–water partition coefficient (Wildman–Crippen LogP) is 2.50. The second-order valence-corrected chi connectivity index (χ2v) is 8.04. The summed E-state index contributed by atoms with van der Waals surface area (Å²) in [7, 11) is 3.04. The Kier molecular flexibility index (Phi) is 5.51. The van der Waals surface area contributed by atoms with Crippen LogP contribution in [0, 0.1) is 26.7 Å². The van der Waals surface area contributed by atoms with Crippen LogP contribution in [0.25, 0.3) is 0 Å². The number of nitrogens with zero attached hydrogens (tertiary/aromatic N) is 3. The molecule has 7 nitrogen and oxygen atoms in total. The number of dihydropyridines is 1. The molecule has 0 aromatic heterocycles. The van der Waals surface area contributed by atoms with Crippen molar-refractivity contribution < 1.29 is 19.0 Å². The Labute approximate surface area is 168 Å². The average Bonchev–Trinajstić information content (AvgIpc) is 2.65. The van der Waals surface area contributed by atoms with E-state index in [1.807, 2.05) is 32.9 Å². The molecule has 0 bridgehead atoms. The number of benzene rings is 1. The van der Waals surface area contributed by atoms with Gasteiger partial charge in [-0.05, 0) is 38.0 Å². The van der Waals surface area contributed by atoms with E-state index in [4.69, 9.17) is 0 Å². The van der Waals surface area contributed by atoms with E-state index in [9.17, 15) is 14.4 Å². The minimum absolute atomic E-state index is 0.147. The van der Waals surface area contributed by atoms with E-state index < -0.39 is 11.9 Å². The zero-order valence-corrected chi connectivity index (χ0v) is 17.4. The van der Waals surface area contributed by atoms with Crippen LogP contribution in [0.2, 0.25) is 0 Å². The van der Waals surface area contributed by atoms with Gasteiger partial charge in [-0.3, -0.25) is 9.59 Å². The molecule has 3 rings (SSSR count). The van der Waals surface area contributed by atoms with Crippen LogP contribution >= 0.6 is 11.8 Å². The number of imide groups is 1. The second kappa shape index (κ2) is 7.71. The van der Waals surface area contributed by atoms with Crippen LogP contribution in [-0.2, 0) is 9.59 Å². The molecular formula is C20H23N4O3S+. The van der Waals surface area contributed by atoms with Gasteiger partial charge in [0.15, 0.2) is 5.92 Å². The van der Waals surface area contributed by atoms with Gasteiger partial charge in [0.25, 0.3) is 5.84 Å². The van der Waals surface area contributed by atoms with Gasteiger partial charge in [0.05, 0.1) is 19.8 Å². The predicted molar refractivity (Wildman–Crippen MR) is 111 cm³/mol. The molecule has 28 heavy (non-hydrogen) atoms. The van der Waals surface area contributed by atoms with Crippen LogP contribution in [0.15, 0.2) is 28.1 Å². The lowest BCUT2D eigenvalue weighted by atomic mass is 10.0. The molecule has 0 aliphatic carbocycles. The molecule has 8 heteroatoms. The normalized spacial score (nSPS) is 19.0. The number of aliphatic imine (C=N–C) groups is 1. The van der Waals surface area contributed by atoms with Gasteiger partial charge < -0.3 is 5.32 Å². The Morgan fingerprint density at radius 1 is 1.25 bits per heavy atom. The van der Waals surface area contributed by atoms with Crippen LogP contribution in [0.3, 0.4) is 0 Å². The highest BCUT2D eigenvalue weighted by atomic mass is 32.2. The van der Waals surface area contributed by atoms with E-state index >= 15 is 0 Å². The average molecular weight is 399 g/mol. The van der Waals surface area contributed by atoms with E-state index in [1.165, 1.54) is 23.4 Å². The van der Waals surface area contributed by atoms with Crippen LogP contribution in [0.4, 0.5) is 10.5 Å². The van der Waals surface area contributed by atoms with Gasteiger partial charge >= 0.3 is 11.9 Å². The smallest absolute Gasteiger partial charge is 0.325 e. The number of fused-ring (bicyclic) bond motifs is 1. The number of rotatable bonds is 4. The van der Waals surface area contributed by atoms with Gasteiger partial charge in [0, 0.05) is 10.6 Å². The number of aryl methyl sites for hydroxylation is 3. The van der Waals surface area contributed by atoms with Gasteiger partial charge in [-0.2, -0.15) is 9.48 Å². The summed E-state index contributed by atoms with van der Waals surface area (Å²) in [5, 5.41) is 2.97. The second-order valence-electron chi connectivity index (χ2n) is 6.99. The van der Waals surface area contributed by atoms with Crippen molar-refractivity contribution in [2.24, 2.45) is 10.9 Å². The third-order valence-corrected chi connectivity index (χ3v) is 5.91. The molecule has 2 aliphatic rings. The first-order valence-electron chi connectivity index (χ1n) is 8.87. The number of hydrogen-bond donors (Lipinski definition) is 1. The quantitative estimate of drug-likeness (QED) is 0.789. The fourth-order valence-electron chi connectivity index (χ4n) is 3.44. The SMILES string of the molecule is Cc1cc(C)c(NC(=O)CSC2=CC=NC3=[N+](C)C(=O)N(C)C(=O)C23)c(C)c1. The summed E-state index contributed by atoms with van der Waals surface area (Å²) >= 11 is 1.29. The van der Waals surface area contributed by atoms with Gasteiger partial charge in [-0.15, -0.1) is 16.8 Å². The highest BCUT2D eigenvalue weighted by Crippen LogP contribution is 2.32. The molecule has 146 valence electrons. The molecule has 4 amide bonds. The lowest BCUT2D eigenvalue weighted by molar-refractivity contribution is -0.407. The van der Waals surface area contributed by atoms with Crippen molar-refractivity contribution in [2.45, 2.75) is 20.8 Å². The molecule has 0 spiro atoms. The number of anilines is 1. The highest BCUT2D eigenvalue weighted by molar-refractivity contribution is 8.03. The molecule has 1 N–H and O–H groups in total. The Hall–Kier alpha value is -2.74. The summed E-state index contributed by atoms with van der Waals surface area (Å²) < 4.78 is 1.37. The zero-order chi connectivity index (χ0) is 20.6. The number of carbonyl (C=O) groups excluding carboxylic acids is 3. The maximum absolute atomic E-state index is 12.6. The Morgan fingerprint density at radius 3 is 2.54 bits per heavy atom. The Balaban J connectivity index is 1.74. The first kappa shape index (κ1) is 20.0. The van der Waals surface area contributed by atoms with Gasteiger partial charge in [0.1, 0.15) is 6.21 Å². The molecule has 0 saturated heterocycles. The first-order chi connectivity index (χ1) is 13.2. The van der Waals surface area contributed by atoms with Crippen molar-refractivity contribution in [3.8, 4) is 0 Å². The lowest BCUT2D eigenvalue weighted by Gasteiger charge is -2.26. The van der Waals surface area contributed by atoms with E-state index in [0.717, 1.165) is 27.3 Å². The third kappa shape index (κ3) is 3.64. The number of amides is 4. The maximum Gasteiger partial charge on any atom is 0.445 e. The zero-order valence-electron chi connectivity index (χ0n) is 16.6. The minimum Gasteiger partial charge on any atom is -0.325 e. The summed E-state index contributed by atoms with van der Waals surface area (Å²) in [5.41, 5.74) is 4.00. The molecule has 1 aromatic rings. The molecule has 2 heterocycles. The van der Waals surface area contributed by atoms with E-state index in [-0.39, 0.29) is 17.6 Å². The molecule has 0 saturated carbocycles. The summed E-state index contributed by atoms with van der Waals surface area (Å²) in [6.07, 6.45) is 3.28. The molecule has 2 aliphatic heterocycles. The van der Waals surface area contributed by atoms with Crippen molar-refractivity contribution in [1.29, 1.82) is 0 Å². The Bertz CT molecular complexity index is 955. The molecule has 1 unspecified atom stereocenters. The van der Waals surface area contributed by atoms with Gasteiger partial charge in [-0.25, -0.2) is 4.79 Å². The van der Waals surface area contributed by atoms with Gasteiger partial charge in [-0.1, -0.05) is 17.7 Å². The topological polar surface area (TPSA) is 81.8 Å². The fraction of sp³-hybridized carbons (Fsp3) is 0.350. The molecule has 0 fully saturated rings. The summed E-state index contributed by atoms with van der Waals surface area (Å²) in [6, 6.07) is 3.64. The largest absolute Gasteiger partial charge is 0.445 e. The van der Waals surface area contributed by atoms with E-state index in [0.29, 0.717) is 10.7 Å². The summed E-state index contributed by atoms with van der Waals surface area (Å²) in [6.45, 7) is 5.95. The van der Waals surface area contributed by atoms with Crippen molar-refractivity contribution >= 4 is 47.3 Å². The van der Waals surface area contributed by atoms with Crippen LogP contribution < -0.4 is 5.32 Å². The monoisotopic (exact) mass is 399 g/mol. The number of hydrogen-bond acceptors (Lipinski definition) is 5. The van der Waals surface area contributed by atoms with E-state index in [2.05, 4.69) is 10.3 Å². The molecule has 1 aromatic carbocycles. The van der Waals surface area contributed by atoms with E-state index in [1.54, 1.807) is 19.3 Å². The molecule has 1 atom stereocenters. The number of nitrogens with one attached hydrogen (secondary N) is 1. The number of urea groups is 1. The first-order valence-corrected chi connectivity index (χ1v) is 9.86. The van der Waals surface area contributed by atoms with Crippen molar-refractivity contribution in [3.05, 3.63) is 39.8 Å². The third-order valence-electron chi connectivity index (χ3n) is 4.79. The standard InChI is InChI=1S/C20H22N4O3S/c1-11-8-12(2)17(13(3)9-11)22-15(25)10-28-14-6-7-21-18-16(14)19(26)24(5)20(27)23(18)4/h6-9,16H,10H2,1-5H3/p+1. The Morgan fingerprint density at radius 2 is 1.89 bits per heavy atom. The van der Waals surface area contributed by atoms with Crippen molar-refractivity contribution in [2.75, 3.05) is 25.2 Å². The molecule has 0 radical (unpaired) electrons. The maximum atomic E-state index is 12.6.